The van der Waals surface area contributed by atoms with Crippen LogP contribution in [0.1, 0.15) is 52.4 Å². The minimum Gasteiger partial charge on any atom is -0.308 e. The van der Waals surface area contributed by atoms with E-state index in [9.17, 15) is 0 Å². The Balaban J connectivity index is 2.80. The maximum Gasteiger partial charge on any atom is 0.0863 e. The van der Waals surface area contributed by atoms with Crippen LogP contribution in [0.2, 0.25) is 5.02 Å². The first-order chi connectivity index (χ1) is 8.54. The highest BCUT2D eigenvalue weighted by Crippen LogP contribution is 2.22. The molecule has 3 nitrogen and oxygen atoms in total. The second kappa shape index (κ2) is 7.15. The van der Waals surface area contributed by atoms with E-state index in [4.69, 9.17) is 11.6 Å². The number of nitrogens with zero attached hydrogens (tertiary/aromatic N) is 2. The summed E-state index contributed by atoms with van der Waals surface area (Å²) < 4.78 is 2.02. The molecule has 0 aliphatic heterocycles. The zero-order valence-electron chi connectivity index (χ0n) is 12.3. The molecular formula is C14H26ClN3. The number of halogens is 1. The van der Waals surface area contributed by atoms with Crippen molar-refractivity contribution in [1.82, 2.24) is 15.1 Å². The van der Waals surface area contributed by atoms with Crippen LogP contribution in [0.25, 0.3) is 0 Å². The van der Waals surface area contributed by atoms with Gasteiger partial charge >= 0.3 is 0 Å². The summed E-state index contributed by atoms with van der Waals surface area (Å²) in [5.41, 5.74) is 2.13. The molecule has 0 saturated carbocycles. The van der Waals surface area contributed by atoms with E-state index in [-0.39, 0.29) is 0 Å². The zero-order valence-corrected chi connectivity index (χ0v) is 13.0. The van der Waals surface area contributed by atoms with Crippen LogP contribution in [-0.4, -0.2) is 15.8 Å². The van der Waals surface area contributed by atoms with Crippen molar-refractivity contribution in [3.05, 3.63) is 16.4 Å². The van der Waals surface area contributed by atoms with Crippen molar-refractivity contribution in [2.24, 2.45) is 5.92 Å². The molecule has 0 saturated heterocycles. The van der Waals surface area contributed by atoms with Gasteiger partial charge in [0.1, 0.15) is 0 Å². The number of hydrogen-bond acceptors (Lipinski definition) is 2. The molecule has 1 aromatic heterocycles. The minimum atomic E-state index is 0.534. The van der Waals surface area contributed by atoms with Gasteiger partial charge in [-0.25, -0.2) is 0 Å². The second-order valence-electron chi connectivity index (χ2n) is 5.02. The Bertz CT molecular complexity index is 371. The van der Waals surface area contributed by atoms with Gasteiger partial charge in [0, 0.05) is 19.1 Å². The molecule has 104 valence electrons. The maximum absolute atomic E-state index is 6.39. The fraction of sp³-hybridized carbons (Fsp3) is 0.786. The van der Waals surface area contributed by atoms with Crippen molar-refractivity contribution in [2.75, 3.05) is 0 Å². The lowest BCUT2D eigenvalue weighted by molar-refractivity contribution is 0.381. The standard InChI is InChI=1S/C14H26ClN3/c1-6-11(10(4)5)16-9-13-14(15)12(7-2)17-18(13)8-3/h10-11,16H,6-9H2,1-5H3. The predicted octanol–water partition coefficient (Wildman–Crippen LogP) is 3.64. The van der Waals surface area contributed by atoms with Crippen LogP contribution < -0.4 is 5.32 Å². The number of aromatic nitrogens is 2. The van der Waals surface area contributed by atoms with Crippen LogP contribution in [0.5, 0.6) is 0 Å². The van der Waals surface area contributed by atoms with Crippen LogP contribution >= 0.6 is 11.6 Å². The largest absolute Gasteiger partial charge is 0.308 e. The van der Waals surface area contributed by atoms with Crippen LogP contribution in [0.15, 0.2) is 0 Å². The Kier molecular flexibility index (Phi) is 6.16. The first-order valence-electron chi connectivity index (χ1n) is 7.02. The first kappa shape index (κ1) is 15.5. The Hall–Kier alpha value is -0.540. The van der Waals surface area contributed by atoms with Gasteiger partial charge in [-0.15, -0.1) is 0 Å². The summed E-state index contributed by atoms with van der Waals surface area (Å²) in [6.07, 6.45) is 2.02. The minimum absolute atomic E-state index is 0.534. The summed E-state index contributed by atoms with van der Waals surface area (Å²) in [5, 5.41) is 8.97. The highest BCUT2D eigenvalue weighted by Gasteiger charge is 2.16. The number of nitrogens with one attached hydrogen (secondary N) is 1. The molecule has 1 heterocycles. The molecule has 0 bridgehead atoms. The molecule has 0 aromatic carbocycles. The summed E-state index contributed by atoms with van der Waals surface area (Å²) in [7, 11) is 0. The molecule has 1 aromatic rings. The molecule has 1 unspecified atom stereocenters. The predicted molar refractivity (Wildman–Crippen MR) is 78.0 cm³/mol. The third kappa shape index (κ3) is 3.48. The van der Waals surface area contributed by atoms with E-state index in [0.29, 0.717) is 12.0 Å². The lowest BCUT2D eigenvalue weighted by Gasteiger charge is -2.21. The molecule has 1 rings (SSSR count). The van der Waals surface area contributed by atoms with E-state index in [1.165, 1.54) is 0 Å². The van der Waals surface area contributed by atoms with Gasteiger partial charge in [-0.2, -0.15) is 5.10 Å². The molecule has 1 N–H and O–H groups in total. The number of aryl methyl sites for hydroxylation is 2. The van der Waals surface area contributed by atoms with Crippen molar-refractivity contribution < 1.29 is 0 Å². The van der Waals surface area contributed by atoms with Gasteiger partial charge in [-0.1, -0.05) is 39.3 Å². The van der Waals surface area contributed by atoms with E-state index in [1.807, 2.05) is 4.68 Å². The Morgan fingerprint density at radius 2 is 1.94 bits per heavy atom. The molecule has 0 radical (unpaired) electrons. The summed E-state index contributed by atoms with van der Waals surface area (Å²) in [4.78, 5) is 0. The Labute approximate surface area is 116 Å². The van der Waals surface area contributed by atoms with E-state index in [1.54, 1.807) is 0 Å². The molecule has 0 fully saturated rings. The van der Waals surface area contributed by atoms with Crippen LogP contribution in [0.4, 0.5) is 0 Å². The van der Waals surface area contributed by atoms with Crippen LogP contribution in [-0.2, 0) is 19.5 Å². The maximum atomic E-state index is 6.39. The summed E-state index contributed by atoms with van der Waals surface area (Å²) in [6.45, 7) is 12.6. The quantitative estimate of drug-likeness (QED) is 0.821. The van der Waals surface area contributed by atoms with Gasteiger partial charge in [0.25, 0.3) is 0 Å². The van der Waals surface area contributed by atoms with Crippen molar-refractivity contribution in [2.45, 2.75) is 66.6 Å². The van der Waals surface area contributed by atoms with Crippen molar-refractivity contribution in [3.8, 4) is 0 Å². The molecule has 0 aliphatic carbocycles. The summed E-state index contributed by atoms with van der Waals surface area (Å²) in [6, 6.07) is 0.534. The topological polar surface area (TPSA) is 29.9 Å². The Morgan fingerprint density at radius 1 is 1.28 bits per heavy atom. The van der Waals surface area contributed by atoms with Gasteiger partial charge in [0.2, 0.25) is 0 Å². The smallest absolute Gasteiger partial charge is 0.0863 e. The molecule has 0 spiro atoms. The first-order valence-corrected chi connectivity index (χ1v) is 7.40. The lowest BCUT2D eigenvalue weighted by atomic mass is 10.0. The van der Waals surface area contributed by atoms with Gasteiger partial charge in [0.15, 0.2) is 0 Å². The van der Waals surface area contributed by atoms with Crippen LogP contribution in [0, 0.1) is 5.92 Å². The highest BCUT2D eigenvalue weighted by molar-refractivity contribution is 6.31. The fourth-order valence-corrected chi connectivity index (χ4v) is 2.60. The van der Waals surface area contributed by atoms with E-state index in [2.05, 4.69) is 45.0 Å². The number of rotatable bonds is 7. The SMILES string of the molecule is CCc1nn(CC)c(CNC(CC)C(C)C)c1Cl. The van der Waals surface area contributed by atoms with Crippen molar-refractivity contribution >= 4 is 11.6 Å². The molecule has 0 amide bonds. The average Bonchev–Trinajstić information content (AvgIpc) is 2.66. The second-order valence-corrected chi connectivity index (χ2v) is 5.39. The fourth-order valence-electron chi connectivity index (χ4n) is 2.27. The molecule has 18 heavy (non-hydrogen) atoms. The van der Waals surface area contributed by atoms with Gasteiger partial charge < -0.3 is 5.32 Å². The Morgan fingerprint density at radius 3 is 2.39 bits per heavy atom. The van der Waals surface area contributed by atoms with Gasteiger partial charge in [-0.3, -0.25) is 4.68 Å². The number of hydrogen-bond donors (Lipinski definition) is 1. The van der Waals surface area contributed by atoms with Crippen LogP contribution in [0.3, 0.4) is 0 Å². The van der Waals surface area contributed by atoms with Crippen molar-refractivity contribution in [3.63, 3.8) is 0 Å². The summed E-state index contributed by atoms with van der Waals surface area (Å²) in [5.74, 6) is 0.636. The van der Waals surface area contributed by atoms with E-state index in [0.717, 1.165) is 42.3 Å². The molecule has 4 heteroatoms. The monoisotopic (exact) mass is 271 g/mol. The third-order valence-electron chi connectivity index (χ3n) is 3.47. The zero-order chi connectivity index (χ0) is 13.7. The average molecular weight is 272 g/mol. The van der Waals surface area contributed by atoms with E-state index < -0.39 is 0 Å². The normalized spacial score (nSPS) is 13.3. The van der Waals surface area contributed by atoms with E-state index >= 15 is 0 Å². The lowest BCUT2D eigenvalue weighted by Crippen LogP contribution is -2.33. The third-order valence-corrected chi connectivity index (χ3v) is 3.91. The highest BCUT2D eigenvalue weighted by atomic mass is 35.5. The summed E-state index contributed by atoms with van der Waals surface area (Å²) >= 11 is 6.39. The van der Waals surface area contributed by atoms with Crippen molar-refractivity contribution in [1.29, 1.82) is 0 Å². The van der Waals surface area contributed by atoms with Gasteiger partial charge in [-0.05, 0) is 25.7 Å². The molecular weight excluding hydrogens is 246 g/mol. The van der Waals surface area contributed by atoms with Gasteiger partial charge in [0.05, 0.1) is 16.4 Å². The molecule has 0 aliphatic rings. The molecule has 1 atom stereocenters.